The van der Waals surface area contributed by atoms with E-state index in [0.29, 0.717) is 5.56 Å². The summed E-state index contributed by atoms with van der Waals surface area (Å²) in [5.74, 6) is 0.249. The molecule has 0 spiro atoms. The second-order valence-corrected chi connectivity index (χ2v) is 5.72. The van der Waals surface area contributed by atoms with Crippen LogP contribution >= 0.6 is 0 Å². The topological polar surface area (TPSA) is 131 Å². The maximum Gasteiger partial charge on any atom is 0.285 e. The predicted octanol–water partition coefficient (Wildman–Crippen LogP) is -0.337. The highest BCUT2D eigenvalue weighted by Gasteiger charge is 2.44. The average Bonchev–Trinajstić information content (AvgIpc) is 3.19. The van der Waals surface area contributed by atoms with E-state index in [1.54, 1.807) is 12.1 Å². The van der Waals surface area contributed by atoms with Gasteiger partial charge >= 0.3 is 0 Å². The van der Waals surface area contributed by atoms with E-state index < -0.39 is 36.7 Å². The molecule has 130 valence electrons. The van der Waals surface area contributed by atoms with Crippen molar-refractivity contribution in [3.8, 4) is 11.5 Å². The average molecular weight is 345 g/mol. The van der Waals surface area contributed by atoms with E-state index in [1.807, 2.05) is 18.2 Å². The fourth-order valence-electron chi connectivity index (χ4n) is 2.82. The highest BCUT2D eigenvalue weighted by atomic mass is 16.6. The highest BCUT2D eigenvalue weighted by molar-refractivity contribution is 5.71. The van der Waals surface area contributed by atoms with Gasteiger partial charge in [-0.2, -0.15) is 0 Å². The van der Waals surface area contributed by atoms with Crippen molar-refractivity contribution in [3.05, 3.63) is 47.0 Å². The SMILES string of the molecule is O=c1c2nc(-c3ccccc3)oc2ncn1C1OC(CO)C(O)C1O. The lowest BCUT2D eigenvalue weighted by Crippen LogP contribution is -2.35. The molecule has 9 nitrogen and oxygen atoms in total. The van der Waals surface area contributed by atoms with Gasteiger partial charge in [-0.15, -0.1) is 0 Å². The molecule has 3 heterocycles. The van der Waals surface area contributed by atoms with E-state index >= 15 is 0 Å². The first kappa shape index (κ1) is 15.9. The van der Waals surface area contributed by atoms with Crippen molar-refractivity contribution in [2.24, 2.45) is 0 Å². The summed E-state index contributed by atoms with van der Waals surface area (Å²) < 4.78 is 11.9. The lowest BCUT2D eigenvalue weighted by molar-refractivity contribution is -0.0546. The Hall–Kier alpha value is -2.59. The summed E-state index contributed by atoms with van der Waals surface area (Å²) in [5.41, 5.74) is 0.163. The second-order valence-electron chi connectivity index (χ2n) is 5.72. The smallest absolute Gasteiger partial charge is 0.285 e. The monoisotopic (exact) mass is 345 g/mol. The van der Waals surface area contributed by atoms with E-state index in [2.05, 4.69) is 9.97 Å². The van der Waals surface area contributed by atoms with Crippen LogP contribution in [-0.4, -0.2) is 54.8 Å². The minimum Gasteiger partial charge on any atom is -0.417 e. The van der Waals surface area contributed by atoms with E-state index in [9.17, 15) is 15.0 Å². The molecule has 0 radical (unpaired) electrons. The van der Waals surface area contributed by atoms with Crippen LogP contribution in [-0.2, 0) is 4.74 Å². The number of ether oxygens (including phenoxy) is 1. The molecule has 0 amide bonds. The van der Waals surface area contributed by atoms with Crippen molar-refractivity contribution in [1.29, 1.82) is 0 Å². The molecular weight excluding hydrogens is 330 g/mol. The molecule has 9 heteroatoms. The number of aliphatic hydroxyl groups excluding tert-OH is 3. The highest BCUT2D eigenvalue weighted by Crippen LogP contribution is 2.28. The molecule has 0 bridgehead atoms. The molecule has 0 saturated carbocycles. The van der Waals surface area contributed by atoms with Gasteiger partial charge in [-0.05, 0) is 12.1 Å². The summed E-state index contributed by atoms with van der Waals surface area (Å²) in [6, 6.07) is 9.05. The van der Waals surface area contributed by atoms with Crippen LogP contribution in [0.15, 0.2) is 45.9 Å². The number of aliphatic hydroxyl groups is 3. The predicted molar refractivity (Wildman–Crippen MR) is 84.5 cm³/mol. The fraction of sp³-hybridized carbons (Fsp3) is 0.312. The number of hydrogen-bond donors (Lipinski definition) is 3. The third-order valence-corrected chi connectivity index (χ3v) is 4.16. The quantitative estimate of drug-likeness (QED) is 0.588. The number of fused-ring (bicyclic) bond motifs is 1. The molecule has 1 saturated heterocycles. The number of nitrogens with zero attached hydrogens (tertiary/aromatic N) is 3. The van der Waals surface area contributed by atoms with Crippen molar-refractivity contribution in [2.75, 3.05) is 6.61 Å². The van der Waals surface area contributed by atoms with Gasteiger partial charge in [0.15, 0.2) is 11.7 Å². The summed E-state index contributed by atoms with van der Waals surface area (Å²) in [6.45, 7) is -0.485. The van der Waals surface area contributed by atoms with Gasteiger partial charge in [-0.1, -0.05) is 18.2 Å². The molecule has 25 heavy (non-hydrogen) atoms. The molecular formula is C16H15N3O6. The van der Waals surface area contributed by atoms with Crippen LogP contribution in [0, 0.1) is 0 Å². The van der Waals surface area contributed by atoms with Crippen LogP contribution in [0.3, 0.4) is 0 Å². The van der Waals surface area contributed by atoms with Crippen LogP contribution in [0.4, 0.5) is 0 Å². The van der Waals surface area contributed by atoms with Gasteiger partial charge in [-0.25, -0.2) is 9.97 Å². The number of aromatic nitrogens is 3. The molecule has 4 rings (SSSR count). The fourth-order valence-corrected chi connectivity index (χ4v) is 2.82. The van der Waals surface area contributed by atoms with Gasteiger partial charge in [0.05, 0.1) is 6.61 Å². The van der Waals surface area contributed by atoms with Crippen molar-refractivity contribution in [3.63, 3.8) is 0 Å². The molecule has 1 aliphatic heterocycles. The summed E-state index contributed by atoms with van der Waals surface area (Å²) in [7, 11) is 0. The molecule has 1 aromatic carbocycles. The molecule has 4 atom stereocenters. The summed E-state index contributed by atoms with van der Waals surface area (Å²) >= 11 is 0. The van der Waals surface area contributed by atoms with Crippen molar-refractivity contribution in [1.82, 2.24) is 14.5 Å². The first-order chi connectivity index (χ1) is 12.1. The van der Waals surface area contributed by atoms with Gasteiger partial charge in [0, 0.05) is 5.56 Å². The lowest BCUT2D eigenvalue weighted by atomic mass is 10.1. The van der Waals surface area contributed by atoms with Gasteiger partial charge in [0.25, 0.3) is 11.3 Å². The molecule has 2 aromatic heterocycles. The zero-order valence-corrected chi connectivity index (χ0v) is 12.9. The minimum atomic E-state index is -1.38. The van der Waals surface area contributed by atoms with Crippen molar-refractivity contribution >= 4 is 11.2 Å². The second kappa shape index (κ2) is 6.05. The van der Waals surface area contributed by atoms with Gasteiger partial charge < -0.3 is 24.5 Å². The zero-order chi connectivity index (χ0) is 17.6. The Morgan fingerprint density at radius 3 is 2.60 bits per heavy atom. The van der Waals surface area contributed by atoms with E-state index in [1.165, 1.54) is 0 Å². The zero-order valence-electron chi connectivity index (χ0n) is 12.9. The summed E-state index contributed by atoms with van der Waals surface area (Å²) in [5, 5.41) is 29.1. The Balaban J connectivity index is 1.77. The maximum atomic E-state index is 12.7. The maximum absolute atomic E-state index is 12.7. The van der Waals surface area contributed by atoms with Crippen LogP contribution in [0.1, 0.15) is 6.23 Å². The van der Waals surface area contributed by atoms with Gasteiger partial charge in [0.2, 0.25) is 5.89 Å². The third-order valence-electron chi connectivity index (χ3n) is 4.16. The summed E-state index contributed by atoms with van der Waals surface area (Å²) in [4.78, 5) is 20.9. The Bertz CT molecular complexity index is 953. The lowest BCUT2D eigenvalue weighted by Gasteiger charge is -2.16. The Morgan fingerprint density at radius 2 is 1.92 bits per heavy atom. The van der Waals surface area contributed by atoms with Crippen LogP contribution in [0.2, 0.25) is 0 Å². The molecule has 1 fully saturated rings. The Labute approximate surface area is 140 Å². The first-order valence-electron chi connectivity index (χ1n) is 7.65. The number of rotatable bonds is 3. The van der Waals surface area contributed by atoms with E-state index in [-0.39, 0.29) is 17.1 Å². The Kier molecular flexibility index (Phi) is 3.85. The Morgan fingerprint density at radius 1 is 1.16 bits per heavy atom. The van der Waals surface area contributed by atoms with Gasteiger partial charge in [0.1, 0.15) is 24.6 Å². The summed E-state index contributed by atoms with van der Waals surface area (Å²) in [6.07, 6.45) is -3.69. The number of benzene rings is 1. The van der Waals surface area contributed by atoms with E-state index in [0.717, 1.165) is 10.9 Å². The standard InChI is InChI=1S/C16H15N3O6/c20-6-9-11(21)12(22)16(24-9)19-7-17-14-10(15(19)23)18-13(25-14)8-4-2-1-3-5-8/h1-5,7,9,11-12,16,20-22H,6H2. The minimum absolute atomic E-state index is 0.0147. The molecule has 1 aliphatic rings. The largest absolute Gasteiger partial charge is 0.417 e. The molecule has 3 aromatic rings. The molecule has 0 aliphatic carbocycles. The number of oxazole rings is 1. The van der Waals surface area contributed by atoms with E-state index in [4.69, 9.17) is 14.3 Å². The van der Waals surface area contributed by atoms with Crippen molar-refractivity contribution in [2.45, 2.75) is 24.5 Å². The van der Waals surface area contributed by atoms with Crippen LogP contribution < -0.4 is 5.56 Å². The van der Waals surface area contributed by atoms with Crippen LogP contribution in [0.25, 0.3) is 22.7 Å². The molecule has 3 N–H and O–H groups in total. The first-order valence-corrected chi connectivity index (χ1v) is 7.65. The number of hydrogen-bond acceptors (Lipinski definition) is 8. The third kappa shape index (κ3) is 2.53. The molecule has 4 unspecified atom stereocenters. The van der Waals surface area contributed by atoms with Gasteiger partial charge in [-0.3, -0.25) is 9.36 Å². The normalized spacial score (nSPS) is 26.4. The van der Waals surface area contributed by atoms with Crippen molar-refractivity contribution < 1.29 is 24.5 Å². The van der Waals surface area contributed by atoms with Crippen LogP contribution in [0.5, 0.6) is 0 Å².